The van der Waals surface area contributed by atoms with Crippen LogP contribution < -0.4 is 20.7 Å². The SMILES string of the molecule is CN1CCC(OC(=O)N[C@H](C(=O)N[C@H](C(=O)N2C[C@]3(C[C@H]2C(=O)N[C@]2(C(=O)NS(=O)(=O)C4CC4)C[C@H]2C2CC2)C(C)(C)C32CCC2)C(C)(C)C)C2CCCCC2)CC1. The second-order valence-electron chi connectivity index (χ2n) is 21.3. The first-order valence-electron chi connectivity index (χ1n) is 22.4. The van der Waals surface area contributed by atoms with Crippen LogP contribution in [0.5, 0.6) is 0 Å². The molecule has 6 saturated carbocycles. The van der Waals surface area contributed by atoms with Crippen LogP contribution in [-0.2, 0) is 33.9 Å². The van der Waals surface area contributed by atoms with E-state index < -0.39 is 68.2 Å². The Kier molecular flexibility index (Phi) is 10.5. The average Bonchev–Trinajstić information content (AvgIpc) is 3.98. The predicted molar refractivity (Wildman–Crippen MR) is 216 cm³/mol. The number of alkyl carbamates (subject to hydrolysis) is 1. The first-order chi connectivity index (χ1) is 27.3. The number of sulfonamides is 1. The Hall–Kier alpha value is -2.94. The molecule has 6 atom stereocenters. The Bertz CT molecular complexity index is 1790. The number of hydrogen-bond donors (Lipinski definition) is 4. The fourth-order valence-electron chi connectivity index (χ4n) is 12.2. The summed E-state index contributed by atoms with van der Waals surface area (Å²) in [5, 5.41) is 8.53. The molecule has 0 aromatic carbocycles. The number of hydrogen-bond acceptors (Lipinski definition) is 9. The number of ether oxygens (including phenoxy) is 1. The van der Waals surface area contributed by atoms with Crippen molar-refractivity contribution in [2.75, 3.05) is 26.7 Å². The highest BCUT2D eigenvalue weighted by molar-refractivity contribution is 7.91. The zero-order chi connectivity index (χ0) is 41.6. The lowest BCUT2D eigenvalue weighted by atomic mass is 9.73. The summed E-state index contributed by atoms with van der Waals surface area (Å²) < 4.78 is 34.0. The maximum atomic E-state index is 15.2. The third-order valence-electron chi connectivity index (χ3n) is 16.6. The highest BCUT2D eigenvalue weighted by Crippen LogP contribution is 2.88. The maximum absolute atomic E-state index is 15.2. The summed E-state index contributed by atoms with van der Waals surface area (Å²) >= 11 is 0. The maximum Gasteiger partial charge on any atom is 0.408 e. The van der Waals surface area contributed by atoms with E-state index in [2.05, 4.69) is 39.4 Å². The number of likely N-dealkylation sites (tertiary alicyclic amines) is 2. The Balaban J connectivity index is 1.04. The van der Waals surface area contributed by atoms with Gasteiger partial charge in [-0.15, -0.1) is 0 Å². The minimum Gasteiger partial charge on any atom is -0.446 e. The van der Waals surface area contributed by atoms with E-state index in [0.29, 0.717) is 32.2 Å². The van der Waals surface area contributed by atoms with Gasteiger partial charge in [0.05, 0.1) is 5.25 Å². The van der Waals surface area contributed by atoms with Gasteiger partial charge < -0.3 is 30.5 Å². The van der Waals surface area contributed by atoms with Crippen molar-refractivity contribution >= 4 is 39.7 Å². The van der Waals surface area contributed by atoms with Crippen LogP contribution in [0.1, 0.15) is 137 Å². The van der Waals surface area contributed by atoms with Crippen LogP contribution in [0.25, 0.3) is 0 Å². The molecule has 6 aliphatic carbocycles. The van der Waals surface area contributed by atoms with Crippen molar-refractivity contribution < 1.29 is 37.1 Å². The summed E-state index contributed by atoms with van der Waals surface area (Å²) in [6.07, 6.45) is 11.9. The van der Waals surface area contributed by atoms with Crippen molar-refractivity contribution in [3.8, 4) is 0 Å². The summed E-state index contributed by atoms with van der Waals surface area (Å²) in [6, 6.07) is -2.82. The summed E-state index contributed by atoms with van der Waals surface area (Å²) in [4.78, 5) is 75.6. The monoisotopic (exact) mass is 828 g/mol. The molecule has 2 heterocycles. The van der Waals surface area contributed by atoms with Gasteiger partial charge in [-0.05, 0) is 118 Å². The highest BCUT2D eigenvalue weighted by atomic mass is 32.2. The molecular weight excluding hydrogens is 761 g/mol. The molecule has 0 unspecified atom stereocenters. The smallest absolute Gasteiger partial charge is 0.408 e. The van der Waals surface area contributed by atoms with Gasteiger partial charge in [0.1, 0.15) is 29.8 Å². The van der Waals surface area contributed by atoms with Crippen LogP contribution in [0, 0.1) is 39.4 Å². The number of piperidine rings is 1. The molecule has 8 rings (SSSR count). The van der Waals surface area contributed by atoms with Crippen LogP contribution in [0.4, 0.5) is 4.79 Å². The zero-order valence-corrected chi connectivity index (χ0v) is 36.4. The number of rotatable bonds is 12. The molecule has 2 aliphatic heterocycles. The number of nitrogens with zero attached hydrogens (tertiary/aromatic N) is 2. The molecule has 5 amide bonds. The van der Waals surface area contributed by atoms with Gasteiger partial charge in [-0.2, -0.15) is 0 Å². The average molecular weight is 829 g/mol. The predicted octanol–water partition coefficient (Wildman–Crippen LogP) is 3.98. The first-order valence-corrected chi connectivity index (χ1v) is 23.9. The van der Waals surface area contributed by atoms with Gasteiger partial charge >= 0.3 is 6.09 Å². The molecule has 324 valence electrons. The third-order valence-corrected chi connectivity index (χ3v) is 18.4. The molecule has 2 spiro atoms. The number of carbonyl (C=O) groups is 5. The number of fused-ring (bicyclic) bond motifs is 1. The molecule has 15 heteroatoms. The van der Waals surface area contributed by atoms with E-state index >= 15 is 4.79 Å². The van der Waals surface area contributed by atoms with Crippen LogP contribution in [-0.4, -0.2) is 110 Å². The van der Waals surface area contributed by atoms with Crippen molar-refractivity contribution in [1.29, 1.82) is 0 Å². The van der Waals surface area contributed by atoms with Crippen molar-refractivity contribution in [3.63, 3.8) is 0 Å². The quantitative estimate of drug-likeness (QED) is 0.226. The normalized spacial score (nSPS) is 33.1. The van der Waals surface area contributed by atoms with Crippen LogP contribution in [0.3, 0.4) is 0 Å². The topological polar surface area (TPSA) is 183 Å². The van der Waals surface area contributed by atoms with Gasteiger partial charge in [0.15, 0.2) is 0 Å². The standard InChI is InChI=1S/C43H68N6O8S/c1-39(2,3)33(45-35(51)32(27-11-8-7-9-12-27)44-38(54)57-28-17-21-48(6)22-18-28)36(52)49-25-42(40(4,5)41(42)19-10-20-41)24-31(49)34(50)46-43(23-30(43)26-13-14-26)37(53)47-58(55,56)29-15-16-29/h26-33H,7-25H2,1-6H3,(H,44,54)(H,45,51)(H,46,50)(H,47,53)/t30-,31-,32-,33+,42+,43+/m0/s1. The second kappa shape index (κ2) is 14.6. The molecule has 8 aliphatic rings. The minimum absolute atomic E-state index is 0.00166. The molecule has 58 heavy (non-hydrogen) atoms. The number of nitrogens with one attached hydrogen (secondary N) is 4. The fraction of sp³-hybridized carbons (Fsp3) is 0.884. The van der Waals surface area contributed by atoms with Gasteiger partial charge in [0.2, 0.25) is 27.7 Å². The zero-order valence-electron chi connectivity index (χ0n) is 35.6. The van der Waals surface area contributed by atoms with Gasteiger partial charge in [0, 0.05) is 25.0 Å². The lowest BCUT2D eigenvalue weighted by Gasteiger charge is -2.38. The minimum atomic E-state index is -3.84. The lowest BCUT2D eigenvalue weighted by molar-refractivity contribution is -0.145. The molecule has 2 saturated heterocycles. The van der Waals surface area contributed by atoms with Crippen molar-refractivity contribution in [3.05, 3.63) is 0 Å². The Morgan fingerprint density at radius 3 is 2.02 bits per heavy atom. The molecule has 4 N–H and O–H groups in total. The van der Waals surface area contributed by atoms with Crippen molar-refractivity contribution in [2.45, 2.75) is 172 Å². The van der Waals surface area contributed by atoms with Gasteiger partial charge in [0.25, 0.3) is 5.91 Å². The van der Waals surface area contributed by atoms with Crippen LogP contribution >= 0.6 is 0 Å². The van der Waals surface area contributed by atoms with Gasteiger partial charge in [-0.25, -0.2) is 13.2 Å². The van der Waals surface area contributed by atoms with E-state index in [9.17, 15) is 27.6 Å². The van der Waals surface area contributed by atoms with E-state index in [1.807, 2.05) is 27.8 Å². The van der Waals surface area contributed by atoms with Crippen LogP contribution in [0.15, 0.2) is 0 Å². The van der Waals surface area contributed by atoms with E-state index in [4.69, 9.17) is 4.74 Å². The lowest BCUT2D eigenvalue weighted by Crippen LogP contribution is -2.62. The summed E-state index contributed by atoms with van der Waals surface area (Å²) in [7, 11) is -1.80. The molecule has 0 bridgehead atoms. The summed E-state index contributed by atoms with van der Waals surface area (Å²) in [5.74, 6) is -1.94. The van der Waals surface area contributed by atoms with E-state index in [-0.39, 0.29) is 46.0 Å². The number of amides is 5. The molecule has 0 radical (unpaired) electrons. The van der Waals surface area contributed by atoms with Crippen molar-refractivity contribution in [2.24, 2.45) is 39.4 Å². The molecule has 8 fully saturated rings. The van der Waals surface area contributed by atoms with E-state index in [0.717, 1.165) is 90.1 Å². The van der Waals surface area contributed by atoms with Crippen molar-refractivity contribution in [1.82, 2.24) is 30.5 Å². The first kappa shape index (κ1) is 41.8. The fourth-order valence-corrected chi connectivity index (χ4v) is 13.6. The summed E-state index contributed by atoms with van der Waals surface area (Å²) in [6.45, 7) is 12.2. The Morgan fingerprint density at radius 1 is 0.810 bits per heavy atom. The van der Waals surface area contributed by atoms with E-state index in [1.54, 1.807) is 4.90 Å². The summed E-state index contributed by atoms with van der Waals surface area (Å²) in [5.41, 5.74) is -2.54. The molecule has 0 aromatic rings. The molecule has 14 nitrogen and oxygen atoms in total. The number of carbonyl (C=O) groups excluding carboxylic acids is 5. The van der Waals surface area contributed by atoms with E-state index in [1.165, 1.54) is 0 Å². The second-order valence-corrected chi connectivity index (χ2v) is 23.3. The van der Waals surface area contributed by atoms with Crippen LogP contribution in [0.2, 0.25) is 0 Å². The molecular formula is C43H68N6O8S. The molecule has 0 aromatic heterocycles. The largest absolute Gasteiger partial charge is 0.446 e. The Labute approximate surface area is 344 Å². The Morgan fingerprint density at radius 2 is 1.47 bits per heavy atom. The van der Waals surface area contributed by atoms with Gasteiger partial charge in [-0.1, -0.05) is 60.3 Å². The van der Waals surface area contributed by atoms with Gasteiger partial charge in [-0.3, -0.25) is 23.9 Å². The third kappa shape index (κ3) is 7.23. The highest BCUT2D eigenvalue weighted by Gasteiger charge is 2.85.